The van der Waals surface area contributed by atoms with Crippen LogP contribution in [0, 0.1) is 0 Å². The van der Waals surface area contributed by atoms with Crippen LogP contribution in [0.2, 0.25) is 0 Å². The highest BCUT2D eigenvalue weighted by Gasteiger charge is 2.47. The maximum atomic E-state index is 12.3. The molecule has 0 saturated carbocycles. The number of hydrogen-bond acceptors (Lipinski definition) is 4. The molecule has 0 aliphatic rings. The van der Waals surface area contributed by atoms with Gasteiger partial charge < -0.3 is 4.84 Å². The molecule has 1 amide bonds. The predicted octanol–water partition coefficient (Wildman–Crippen LogP) is 2.63. The maximum Gasteiger partial charge on any atom is 0.536 e. The average Bonchev–Trinajstić information content (AvgIpc) is 2.36. The summed E-state index contributed by atoms with van der Waals surface area (Å²) in [6.45, 7) is 13.2. The van der Waals surface area contributed by atoms with E-state index in [1.165, 1.54) is 0 Å². The van der Waals surface area contributed by atoms with Gasteiger partial charge in [0.25, 0.3) is 0 Å². The third kappa shape index (κ3) is 4.44. The lowest BCUT2D eigenvalue weighted by atomic mass is 9.96. The molecule has 0 aliphatic carbocycles. The van der Waals surface area contributed by atoms with E-state index in [1.807, 2.05) is 7.05 Å². The lowest BCUT2D eigenvalue weighted by Gasteiger charge is -2.44. The third-order valence-electron chi connectivity index (χ3n) is 4.55. The Balaban J connectivity index is 5.13. The summed E-state index contributed by atoms with van der Waals surface area (Å²) in [7, 11) is 3.52. The number of nitrogens with one attached hydrogen (secondary N) is 2. The molecule has 0 heterocycles. The van der Waals surface area contributed by atoms with Crippen LogP contribution in [0.4, 0.5) is 4.79 Å². The molecule has 1 unspecified atom stereocenters. The minimum absolute atomic E-state index is 0.00323. The SMILES string of the molecule is CCC(C)(C)NC[N+](C)(C(=O)ONC)C(C)(C)CC. The van der Waals surface area contributed by atoms with Gasteiger partial charge in [0.2, 0.25) is 0 Å². The quantitative estimate of drug-likeness (QED) is 0.426. The van der Waals surface area contributed by atoms with Crippen LogP contribution in [-0.2, 0) is 4.84 Å². The van der Waals surface area contributed by atoms with Crippen molar-refractivity contribution >= 4 is 6.09 Å². The summed E-state index contributed by atoms with van der Waals surface area (Å²) < 4.78 is 0.188. The van der Waals surface area contributed by atoms with E-state index in [1.54, 1.807) is 7.05 Å². The molecule has 1 atom stereocenters. The van der Waals surface area contributed by atoms with Gasteiger partial charge in [0.1, 0.15) is 12.2 Å². The molecule has 0 aromatic carbocycles. The molecule has 0 spiro atoms. The summed E-state index contributed by atoms with van der Waals surface area (Å²) in [5, 5.41) is 3.47. The lowest BCUT2D eigenvalue weighted by Crippen LogP contribution is -2.67. The van der Waals surface area contributed by atoms with E-state index >= 15 is 0 Å². The van der Waals surface area contributed by atoms with E-state index in [0.717, 1.165) is 12.8 Å². The van der Waals surface area contributed by atoms with Crippen LogP contribution in [0.25, 0.3) is 0 Å². The zero-order valence-electron chi connectivity index (χ0n) is 13.9. The van der Waals surface area contributed by atoms with Crippen LogP contribution in [0.15, 0.2) is 0 Å². The van der Waals surface area contributed by atoms with Gasteiger partial charge in [-0.05, 0) is 40.5 Å². The Morgan fingerprint density at radius 3 is 2.05 bits per heavy atom. The molecular formula is C14H32N3O2+. The van der Waals surface area contributed by atoms with E-state index in [-0.39, 0.29) is 21.7 Å². The number of nitrogens with zero attached hydrogens (tertiary/aromatic N) is 1. The Bertz CT molecular complexity index is 303. The summed E-state index contributed by atoms with van der Waals surface area (Å²) in [4.78, 5) is 17.4. The second kappa shape index (κ2) is 6.68. The summed E-state index contributed by atoms with van der Waals surface area (Å²) in [5.41, 5.74) is 2.29. The fraction of sp³-hybridized carbons (Fsp3) is 0.929. The van der Waals surface area contributed by atoms with Crippen LogP contribution in [0.3, 0.4) is 0 Å². The number of quaternary nitrogens is 1. The monoisotopic (exact) mass is 274 g/mol. The predicted molar refractivity (Wildman–Crippen MR) is 78.5 cm³/mol. The van der Waals surface area contributed by atoms with Gasteiger partial charge in [0.05, 0.1) is 7.05 Å². The van der Waals surface area contributed by atoms with E-state index < -0.39 is 0 Å². The number of hydroxylamine groups is 1. The fourth-order valence-corrected chi connectivity index (χ4v) is 1.56. The number of amides is 1. The molecule has 0 aliphatic heterocycles. The van der Waals surface area contributed by atoms with E-state index in [2.05, 4.69) is 52.3 Å². The van der Waals surface area contributed by atoms with E-state index in [9.17, 15) is 4.79 Å². The first-order chi connectivity index (χ1) is 8.56. The minimum atomic E-state index is -0.270. The topological polar surface area (TPSA) is 50.4 Å². The van der Waals surface area contributed by atoms with Crippen LogP contribution in [0.5, 0.6) is 0 Å². The van der Waals surface area contributed by atoms with Gasteiger partial charge in [0, 0.05) is 12.6 Å². The number of carbonyl (C=O) groups is 1. The smallest absolute Gasteiger partial charge is 0.324 e. The van der Waals surface area contributed by atoms with Crippen LogP contribution >= 0.6 is 0 Å². The Labute approximate surface area is 118 Å². The first-order valence-corrected chi connectivity index (χ1v) is 7.05. The molecule has 0 saturated heterocycles. The molecule has 0 radical (unpaired) electrons. The zero-order chi connectivity index (χ0) is 15.3. The molecule has 0 bridgehead atoms. The molecule has 2 N–H and O–H groups in total. The van der Waals surface area contributed by atoms with Crippen molar-refractivity contribution in [1.29, 1.82) is 0 Å². The van der Waals surface area contributed by atoms with Crippen LogP contribution < -0.4 is 10.8 Å². The second-order valence-corrected chi connectivity index (χ2v) is 6.50. The Kier molecular flexibility index (Phi) is 6.45. The van der Waals surface area contributed by atoms with Crippen molar-refractivity contribution in [3.8, 4) is 0 Å². The van der Waals surface area contributed by atoms with Gasteiger partial charge in [-0.1, -0.05) is 13.8 Å². The molecule has 5 heteroatoms. The first kappa shape index (κ1) is 18.4. The van der Waals surface area contributed by atoms with Crippen molar-refractivity contribution in [3.05, 3.63) is 0 Å². The molecular weight excluding hydrogens is 242 g/mol. The van der Waals surface area contributed by atoms with Crippen molar-refractivity contribution in [3.63, 3.8) is 0 Å². The fourth-order valence-electron chi connectivity index (χ4n) is 1.56. The Hall–Kier alpha value is -0.650. The summed E-state index contributed by atoms with van der Waals surface area (Å²) in [5.74, 6) is 0. The first-order valence-electron chi connectivity index (χ1n) is 7.05. The van der Waals surface area contributed by atoms with Gasteiger partial charge in [-0.25, -0.2) is 4.48 Å². The molecule has 0 rings (SSSR count). The van der Waals surface area contributed by atoms with Crippen molar-refractivity contribution in [2.45, 2.75) is 65.5 Å². The van der Waals surface area contributed by atoms with E-state index in [0.29, 0.717) is 6.67 Å². The lowest BCUT2D eigenvalue weighted by molar-refractivity contribution is -0.891. The molecule has 5 nitrogen and oxygen atoms in total. The minimum Gasteiger partial charge on any atom is -0.324 e. The molecule has 114 valence electrons. The Morgan fingerprint density at radius 1 is 1.16 bits per heavy atom. The highest BCUT2D eigenvalue weighted by atomic mass is 16.7. The van der Waals surface area contributed by atoms with Gasteiger partial charge in [0.15, 0.2) is 0 Å². The van der Waals surface area contributed by atoms with Crippen LogP contribution in [-0.4, -0.2) is 42.4 Å². The number of carbonyl (C=O) groups excluding carboxylic acids is 1. The largest absolute Gasteiger partial charge is 0.536 e. The maximum absolute atomic E-state index is 12.3. The highest BCUT2D eigenvalue weighted by molar-refractivity contribution is 5.59. The zero-order valence-corrected chi connectivity index (χ0v) is 13.9. The van der Waals surface area contributed by atoms with Gasteiger partial charge in [-0.2, -0.15) is 10.3 Å². The van der Waals surface area contributed by atoms with E-state index in [4.69, 9.17) is 4.84 Å². The van der Waals surface area contributed by atoms with Gasteiger partial charge in [-0.15, -0.1) is 0 Å². The van der Waals surface area contributed by atoms with Gasteiger partial charge >= 0.3 is 6.09 Å². The average molecular weight is 274 g/mol. The molecule has 0 aromatic rings. The van der Waals surface area contributed by atoms with Crippen LogP contribution in [0.1, 0.15) is 54.4 Å². The highest BCUT2D eigenvalue weighted by Crippen LogP contribution is 2.27. The number of rotatable bonds is 7. The van der Waals surface area contributed by atoms with Gasteiger partial charge in [-0.3, -0.25) is 5.32 Å². The summed E-state index contributed by atoms with van der Waals surface area (Å²) in [6, 6.07) is 0. The second-order valence-electron chi connectivity index (χ2n) is 6.50. The van der Waals surface area contributed by atoms with Crippen molar-refractivity contribution < 1.29 is 14.1 Å². The standard InChI is InChI=1S/C14H32N3O2/c1-9-13(3,4)16-11-17(8,12(18)19-15-7)14(5,6)10-2/h15-16H,9-11H2,1-8H3/q+1. The van der Waals surface area contributed by atoms with Crippen molar-refractivity contribution in [1.82, 2.24) is 10.8 Å². The van der Waals surface area contributed by atoms with Crippen molar-refractivity contribution in [2.24, 2.45) is 0 Å². The molecule has 0 aromatic heterocycles. The normalized spacial score (nSPS) is 16.0. The molecule has 0 fully saturated rings. The summed E-state index contributed by atoms with van der Waals surface area (Å²) >= 11 is 0. The number of hydrogen-bond donors (Lipinski definition) is 2. The molecule has 19 heavy (non-hydrogen) atoms. The van der Waals surface area contributed by atoms with Crippen molar-refractivity contribution in [2.75, 3.05) is 20.8 Å². The Morgan fingerprint density at radius 2 is 1.68 bits per heavy atom. The third-order valence-corrected chi connectivity index (χ3v) is 4.55. The summed E-state index contributed by atoms with van der Waals surface area (Å²) in [6.07, 6.45) is 1.62.